The summed E-state index contributed by atoms with van der Waals surface area (Å²) in [6.07, 6.45) is 2.50. The number of nitrogens with zero attached hydrogens (tertiary/aromatic N) is 1. The zero-order valence-electron chi connectivity index (χ0n) is 16.6. The molecule has 0 unspecified atom stereocenters. The van der Waals surface area contributed by atoms with Crippen molar-refractivity contribution < 1.29 is 23.8 Å². The van der Waals surface area contributed by atoms with Crippen LogP contribution in [0.5, 0.6) is 11.5 Å². The Bertz CT molecular complexity index is 975. The molecule has 1 aliphatic rings. The van der Waals surface area contributed by atoms with E-state index in [4.69, 9.17) is 21.7 Å². The number of benzene rings is 2. The van der Waals surface area contributed by atoms with E-state index in [0.29, 0.717) is 27.3 Å². The first kappa shape index (κ1) is 21.9. The molecule has 0 radical (unpaired) electrons. The Morgan fingerprint density at radius 3 is 2.60 bits per heavy atom. The van der Waals surface area contributed by atoms with Gasteiger partial charge in [0.25, 0.3) is 5.91 Å². The predicted octanol–water partition coefficient (Wildman–Crippen LogP) is 3.69. The molecule has 3 rings (SSSR count). The maximum atomic E-state index is 12.6. The molecule has 0 spiro atoms. The highest BCUT2D eigenvalue weighted by Gasteiger charge is 2.33. The van der Waals surface area contributed by atoms with Crippen LogP contribution in [0.15, 0.2) is 53.4 Å². The zero-order chi connectivity index (χ0) is 21.5. The van der Waals surface area contributed by atoms with E-state index < -0.39 is 5.97 Å². The number of ether oxygens (including phenoxy) is 3. The molecule has 0 aromatic heterocycles. The molecule has 1 saturated heterocycles. The van der Waals surface area contributed by atoms with Crippen molar-refractivity contribution in [2.45, 2.75) is 6.42 Å². The van der Waals surface area contributed by atoms with Crippen molar-refractivity contribution in [3.05, 3.63) is 64.6 Å². The molecular formula is C22H21NO5S2. The number of esters is 1. The minimum atomic E-state index is -0.522. The van der Waals surface area contributed by atoms with Gasteiger partial charge in [0.2, 0.25) is 0 Å². The van der Waals surface area contributed by atoms with Crippen LogP contribution in [0.3, 0.4) is 0 Å². The molecule has 2 aromatic rings. The predicted molar refractivity (Wildman–Crippen MR) is 121 cm³/mol. The molecule has 8 heteroatoms. The van der Waals surface area contributed by atoms with Crippen molar-refractivity contribution in [2.75, 3.05) is 27.4 Å². The molecule has 0 atom stereocenters. The molecule has 1 aliphatic heterocycles. The minimum absolute atomic E-state index is 0.198. The number of methoxy groups -OCH3 is 2. The first-order valence-corrected chi connectivity index (χ1v) is 10.4. The van der Waals surface area contributed by atoms with Crippen LogP contribution in [-0.2, 0) is 20.7 Å². The second kappa shape index (κ2) is 10.3. The lowest BCUT2D eigenvalue weighted by Crippen LogP contribution is -2.33. The van der Waals surface area contributed by atoms with Gasteiger partial charge in [-0.1, -0.05) is 60.4 Å². The summed E-state index contributed by atoms with van der Waals surface area (Å²) in [5, 5.41) is 0. The first-order chi connectivity index (χ1) is 14.5. The largest absolute Gasteiger partial charge is 0.493 e. The molecule has 30 heavy (non-hydrogen) atoms. The van der Waals surface area contributed by atoms with Gasteiger partial charge in [0.05, 0.1) is 25.7 Å². The number of thiocarbonyl (C=S) groups is 1. The van der Waals surface area contributed by atoms with Gasteiger partial charge in [-0.3, -0.25) is 14.5 Å². The Morgan fingerprint density at radius 2 is 1.90 bits per heavy atom. The van der Waals surface area contributed by atoms with E-state index in [2.05, 4.69) is 16.9 Å². The van der Waals surface area contributed by atoms with Crippen LogP contribution in [0.2, 0.25) is 0 Å². The Hall–Kier alpha value is -2.84. The van der Waals surface area contributed by atoms with Crippen LogP contribution < -0.4 is 9.47 Å². The number of thioether (sulfide) groups is 1. The summed E-state index contributed by atoms with van der Waals surface area (Å²) in [6.45, 7) is 0.321. The third kappa shape index (κ3) is 5.40. The fourth-order valence-corrected chi connectivity index (χ4v) is 4.05. The second-order valence-corrected chi connectivity index (χ2v) is 8.01. The Morgan fingerprint density at radius 1 is 1.13 bits per heavy atom. The lowest BCUT2D eigenvalue weighted by Gasteiger charge is -2.12. The quantitative estimate of drug-likeness (QED) is 0.350. The summed E-state index contributed by atoms with van der Waals surface area (Å²) in [4.78, 5) is 25.7. The van der Waals surface area contributed by atoms with E-state index in [9.17, 15) is 9.59 Å². The smallest absolute Gasteiger partial charge is 0.325 e. The average Bonchev–Trinajstić information content (AvgIpc) is 3.02. The third-order valence-electron chi connectivity index (χ3n) is 4.37. The van der Waals surface area contributed by atoms with Crippen LogP contribution >= 0.6 is 24.0 Å². The van der Waals surface area contributed by atoms with Crippen LogP contribution in [0.25, 0.3) is 6.08 Å². The maximum absolute atomic E-state index is 12.6. The molecule has 1 heterocycles. The van der Waals surface area contributed by atoms with E-state index in [1.165, 1.54) is 17.6 Å². The molecule has 2 aromatic carbocycles. The highest BCUT2D eigenvalue weighted by atomic mass is 32.2. The van der Waals surface area contributed by atoms with Gasteiger partial charge in [-0.05, 0) is 29.3 Å². The number of carbonyl (C=O) groups is 2. The Balaban J connectivity index is 1.69. The topological polar surface area (TPSA) is 65.1 Å². The number of carbonyl (C=O) groups excluding carboxylic acids is 2. The van der Waals surface area contributed by atoms with Gasteiger partial charge in [-0.2, -0.15) is 0 Å². The third-order valence-corrected chi connectivity index (χ3v) is 5.74. The number of hydrogen-bond acceptors (Lipinski definition) is 7. The van der Waals surface area contributed by atoms with Crippen molar-refractivity contribution in [1.82, 2.24) is 4.90 Å². The molecule has 1 amide bonds. The maximum Gasteiger partial charge on any atom is 0.325 e. The second-order valence-electron chi connectivity index (χ2n) is 6.34. The summed E-state index contributed by atoms with van der Waals surface area (Å²) in [6, 6.07) is 15.5. The van der Waals surface area contributed by atoms with Gasteiger partial charge in [-0.25, -0.2) is 0 Å². The normalized spacial score (nSPS) is 14.9. The fourth-order valence-electron chi connectivity index (χ4n) is 2.80. The van der Waals surface area contributed by atoms with Crippen LogP contribution in [0.1, 0.15) is 11.1 Å². The molecular weight excluding hydrogens is 422 g/mol. The highest BCUT2D eigenvalue weighted by molar-refractivity contribution is 8.26. The van der Waals surface area contributed by atoms with Crippen molar-refractivity contribution in [2.24, 2.45) is 0 Å². The van der Waals surface area contributed by atoms with E-state index in [1.807, 2.05) is 30.3 Å². The van der Waals surface area contributed by atoms with E-state index in [-0.39, 0.29) is 12.5 Å². The van der Waals surface area contributed by atoms with Gasteiger partial charge in [0.15, 0.2) is 11.5 Å². The monoisotopic (exact) mass is 443 g/mol. The average molecular weight is 444 g/mol. The van der Waals surface area contributed by atoms with Gasteiger partial charge >= 0.3 is 5.97 Å². The number of hydrogen-bond donors (Lipinski definition) is 0. The van der Waals surface area contributed by atoms with Crippen molar-refractivity contribution in [3.8, 4) is 11.5 Å². The molecule has 1 fully saturated rings. The molecule has 0 N–H and O–H groups in total. The molecule has 0 saturated carbocycles. The Labute approximate surface area is 184 Å². The summed E-state index contributed by atoms with van der Waals surface area (Å²) in [5.74, 6) is 0.356. The van der Waals surface area contributed by atoms with E-state index in [1.54, 1.807) is 19.3 Å². The standard InChI is InChI=1S/C22H21NO5S2/c1-26-18-12-16(8-9-17(18)28-11-10-15-6-4-3-5-7-15)13-19-21(25)23(22(29)30-19)14-20(24)27-2/h3-9,12-13H,10-11,14H2,1-2H3. The minimum Gasteiger partial charge on any atom is -0.493 e. The van der Waals surface area contributed by atoms with Gasteiger partial charge < -0.3 is 14.2 Å². The molecule has 6 nitrogen and oxygen atoms in total. The first-order valence-electron chi connectivity index (χ1n) is 9.18. The van der Waals surface area contributed by atoms with Crippen molar-refractivity contribution >= 4 is 46.3 Å². The number of amides is 1. The van der Waals surface area contributed by atoms with Crippen LogP contribution in [0.4, 0.5) is 0 Å². The molecule has 0 aliphatic carbocycles. The van der Waals surface area contributed by atoms with Gasteiger partial charge in [0.1, 0.15) is 10.9 Å². The van der Waals surface area contributed by atoms with Crippen molar-refractivity contribution in [3.63, 3.8) is 0 Å². The summed E-state index contributed by atoms with van der Waals surface area (Å²) >= 11 is 6.36. The van der Waals surface area contributed by atoms with Gasteiger partial charge in [-0.15, -0.1) is 0 Å². The van der Waals surface area contributed by atoms with Gasteiger partial charge in [0, 0.05) is 6.42 Å². The van der Waals surface area contributed by atoms with Crippen molar-refractivity contribution in [1.29, 1.82) is 0 Å². The molecule has 156 valence electrons. The summed E-state index contributed by atoms with van der Waals surface area (Å²) in [5.41, 5.74) is 1.96. The highest BCUT2D eigenvalue weighted by Crippen LogP contribution is 2.34. The SMILES string of the molecule is COC(=O)CN1C(=O)C(=Cc2ccc(OCCc3ccccc3)c(OC)c2)SC1=S. The molecule has 0 bridgehead atoms. The van der Waals surface area contributed by atoms with Crippen LogP contribution in [0, 0.1) is 0 Å². The summed E-state index contributed by atoms with van der Waals surface area (Å²) in [7, 11) is 2.84. The van der Waals surface area contributed by atoms with E-state index in [0.717, 1.165) is 23.7 Å². The Kier molecular flexibility index (Phi) is 7.48. The lowest BCUT2D eigenvalue weighted by molar-refractivity contribution is -0.143. The fraction of sp³-hybridized carbons (Fsp3) is 0.227. The van der Waals surface area contributed by atoms with Crippen LogP contribution in [-0.4, -0.2) is 48.5 Å². The number of rotatable bonds is 8. The summed E-state index contributed by atoms with van der Waals surface area (Å²) < 4.78 is 16.3. The lowest BCUT2D eigenvalue weighted by atomic mass is 10.1. The van der Waals surface area contributed by atoms with E-state index >= 15 is 0 Å². The zero-order valence-corrected chi connectivity index (χ0v) is 18.3.